The van der Waals surface area contributed by atoms with Gasteiger partial charge in [0, 0.05) is 49.9 Å². The van der Waals surface area contributed by atoms with Gasteiger partial charge in [0.2, 0.25) is 11.7 Å². The minimum absolute atomic E-state index is 0.463. The molecule has 2 aromatic rings. The van der Waals surface area contributed by atoms with Crippen molar-refractivity contribution >= 4 is 21.8 Å². The lowest BCUT2D eigenvalue weighted by atomic mass is 10.2. The average Bonchev–Trinajstić information content (AvgIpc) is 3.17. The fraction of sp³-hybridized carbons (Fsp3) is 0.579. The minimum atomic E-state index is -3.40. The van der Waals surface area contributed by atoms with Crippen LogP contribution < -0.4 is 0 Å². The van der Waals surface area contributed by atoms with Crippen LogP contribution in [0.15, 0.2) is 28.8 Å². The zero-order valence-corrected chi connectivity index (χ0v) is 18.5. The molecule has 0 aliphatic carbocycles. The molecule has 0 saturated carbocycles. The molecule has 10 heteroatoms. The first-order valence-corrected chi connectivity index (χ1v) is 11.8. The van der Waals surface area contributed by atoms with Crippen LogP contribution in [0.2, 0.25) is 5.02 Å². The predicted octanol–water partition coefficient (Wildman–Crippen LogP) is 2.87. The first-order chi connectivity index (χ1) is 13.9. The molecule has 0 radical (unpaired) electrons. The molecule has 29 heavy (non-hydrogen) atoms. The molecule has 3 rings (SSSR count). The molecule has 1 fully saturated rings. The highest BCUT2D eigenvalue weighted by Crippen LogP contribution is 2.20. The van der Waals surface area contributed by atoms with Crippen LogP contribution in [0, 0.1) is 0 Å². The summed E-state index contributed by atoms with van der Waals surface area (Å²) in [5.41, 5.74) is 0.840. The van der Waals surface area contributed by atoms with Gasteiger partial charge in [-0.3, -0.25) is 4.90 Å². The standard InChI is InChI=1S/C19H28ClN5O3S/c1-3-9-24(10-4-2)29(26,27)25-13-11-23(12-14-25)15-18-21-19(22-28-18)16-5-7-17(20)8-6-16/h5-8H,3-4,9-15H2,1-2H3. The Morgan fingerprint density at radius 3 is 2.28 bits per heavy atom. The van der Waals surface area contributed by atoms with E-state index in [1.165, 1.54) is 0 Å². The first kappa shape index (κ1) is 22.2. The summed E-state index contributed by atoms with van der Waals surface area (Å²) in [6.07, 6.45) is 1.62. The van der Waals surface area contributed by atoms with Gasteiger partial charge in [-0.15, -0.1) is 0 Å². The van der Waals surface area contributed by atoms with E-state index in [9.17, 15) is 8.42 Å². The van der Waals surface area contributed by atoms with Crippen LogP contribution in [0.4, 0.5) is 0 Å². The minimum Gasteiger partial charge on any atom is -0.338 e. The molecule has 1 aromatic heterocycles. The summed E-state index contributed by atoms with van der Waals surface area (Å²) in [5, 5.41) is 4.69. The van der Waals surface area contributed by atoms with Gasteiger partial charge in [-0.1, -0.05) is 30.6 Å². The van der Waals surface area contributed by atoms with Gasteiger partial charge in [0.25, 0.3) is 10.2 Å². The molecule has 0 atom stereocenters. The van der Waals surface area contributed by atoms with E-state index in [1.807, 2.05) is 26.0 Å². The number of nitrogens with zero attached hydrogens (tertiary/aromatic N) is 5. The summed E-state index contributed by atoms with van der Waals surface area (Å²) >= 11 is 5.91. The third-order valence-electron chi connectivity index (χ3n) is 4.86. The van der Waals surface area contributed by atoms with Crippen molar-refractivity contribution in [2.75, 3.05) is 39.3 Å². The average molecular weight is 442 g/mol. The van der Waals surface area contributed by atoms with Gasteiger partial charge in [0.1, 0.15) is 0 Å². The third kappa shape index (κ3) is 5.55. The fourth-order valence-electron chi connectivity index (χ4n) is 3.35. The molecule has 1 aliphatic heterocycles. The Morgan fingerprint density at radius 2 is 1.69 bits per heavy atom. The molecule has 0 amide bonds. The maximum absolute atomic E-state index is 12.9. The SMILES string of the molecule is CCCN(CCC)S(=O)(=O)N1CCN(Cc2nc(-c3ccc(Cl)cc3)no2)CC1. The number of benzene rings is 1. The summed E-state index contributed by atoms with van der Waals surface area (Å²) in [4.78, 5) is 6.58. The Hall–Kier alpha value is -1.52. The Balaban J connectivity index is 1.57. The van der Waals surface area contributed by atoms with Crippen LogP contribution in [0.25, 0.3) is 11.4 Å². The lowest BCUT2D eigenvalue weighted by molar-refractivity contribution is 0.158. The molecular weight excluding hydrogens is 414 g/mol. The van der Waals surface area contributed by atoms with Gasteiger partial charge in [-0.25, -0.2) is 0 Å². The molecule has 160 valence electrons. The number of hydrogen-bond donors (Lipinski definition) is 0. The highest BCUT2D eigenvalue weighted by atomic mass is 35.5. The van der Waals surface area contributed by atoms with Gasteiger partial charge in [-0.2, -0.15) is 22.0 Å². The first-order valence-electron chi connectivity index (χ1n) is 10.00. The van der Waals surface area contributed by atoms with E-state index in [-0.39, 0.29) is 0 Å². The van der Waals surface area contributed by atoms with Crippen LogP contribution in [-0.2, 0) is 16.8 Å². The number of hydrogen-bond acceptors (Lipinski definition) is 6. The molecule has 0 unspecified atom stereocenters. The quantitative estimate of drug-likeness (QED) is 0.595. The number of rotatable bonds is 9. The Kier molecular flexibility index (Phi) is 7.64. The summed E-state index contributed by atoms with van der Waals surface area (Å²) in [7, 11) is -3.40. The highest BCUT2D eigenvalue weighted by Gasteiger charge is 2.31. The van der Waals surface area contributed by atoms with Crippen LogP contribution in [0.3, 0.4) is 0 Å². The normalized spacial score (nSPS) is 16.6. The molecule has 2 heterocycles. The fourth-order valence-corrected chi connectivity index (χ4v) is 5.25. The molecular formula is C19H28ClN5O3S. The Bertz CT molecular complexity index is 874. The largest absolute Gasteiger partial charge is 0.338 e. The van der Waals surface area contributed by atoms with Crippen molar-refractivity contribution in [1.29, 1.82) is 0 Å². The summed E-state index contributed by atoms with van der Waals surface area (Å²) in [5.74, 6) is 1.04. The number of piperazine rings is 1. The lowest BCUT2D eigenvalue weighted by Crippen LogP contribution is -2.53. The van der Waals surface area contributed by atoms with E-state index in [0.717, 1.165) is 18.4 Å². The molecule has 0 bridgehead atoms. The molecule has 0 spiro atoms. The van der Waals surface area contributed by atoms with Crippen molar-refractivity contribution in [2.24, 2.45) is 0 Å². The molecule has 1 aromatic carbocycles. The Labute approximate surface area is 177 Å². The number of aromatic nitrogens is 2. The maximum Gasteiger partial charge on any atom is 0.282 e. The second kappa shape index (κ2) is 9.99. The van der Waals surface area contributed by atoms with Crippen LogP contribution in [-0.4, -0.2) is 71.3 Å². The van der Waals surface area contributed by atoms with Crippen molar-refractivity contribution in [3.63, 3.8) is 0 Å². The van der Waals surface area contributed by atoms with Gasteiger partial charge in [0.15, 0.2) is 0 Å². The Morgan fingerprint density at radius 1 is 1.07 bits per heavy atom. The summed E-state index contributed by atoms with van der Waals surface area (Å²) in [6, 6.07) is 7.26. The summed E-state index contributed by atoms with van der Waals surface area (Å²) in [6.45, 7) is 7.81. The zero-order chi connectivity index (χ0) is 20.9. The van der Waals surface area contributed by atoms with E-state index in [1.54, 1.807) is 20.7 Å². The predicted molar refractivity (Wildman–Crippen MR) is 113 cm³/mol. The third-order valence-corrected chi connectivity index (χ3v) is 7.15. The number of halogens is 1. The second-order valence-electron chi connectivity index (χ2n) is 7.10. The van der Waals surface area contributed by atoms with E-state index in [0.29, 0.717) is 62.6 Å². The van der Waals surface area contributed by atoms with Gasteiger partial charge in [-0.05, 0) is 37.1 Å². The van der Waals surface area contributed by atoms with Crippen molar-refractivity contribution in [3.05, 3.63) is 35.2 Å². The monoisotopic (exact) mass is 441 g/mol. The molecule has 1 saturated heterocycles. The topological polar surface area (TPSA) is 82.8 Å². The smallest absolute Gasteiger partial charge is 0.282 e. The summed E-state index contributed by atoms with van der Waals surface area (Å²) < 4.78 is 34.3. The maximum atomic E-state index is 12.9. The zero-order valence-electron chi connectivity index (χ0n) is 16.9. The van der Waals surface area contributed by atoms with Crippen molar-refractivity contribution in [1.82, 2.24) is 23.7 Å². The van der Waals surface area contributed by atoms with Crippen LogP contribution >= 0.6 is 11.6 Å². The van der Waals surface area contributed by atoms with Crippen molar-refractivity contribution in [3.8, 4) is 11.4 Å². The highest BCUT2D eigenvalue weighted by molar-refractivity contribution is 7.86. The molecule has 1 aliphatic rings. The van der Waals surface area contributed by atoms with Gasteiger partial charge < -0.3 is 4.52 Å². The van der Waals surface area contributed by atoms with Crippen molar-refractivity contribution in [2.45, 2.75) is 33.2 Å². The van der Waals surface area contributed by atoms with Crippen molar-refractivity contribution < 1.29 is 12.9 Å². The van der Waals surface area contributed by atoms with Gasteiger partial charge in [0.05, 0.1) is 6.54 Å². The second-order valence-corrected chi connectivity index (χ2v) is 9.47. The van der Waals surface area contributed by atoms with Crippen LogP contribution in [0.5, 0.6) is 0 Å². The van der Waals surface area contributed by atoms with Gasteiger partial charge >= 0.3 is 0 Å². The van der Waals surface area contributed by atoms with Crippen LogP contribution in [0.1, 0.15) is 32.6 Å². The lowest BCUT2D eigenvalue weighted by Gasteiger charge is -2.36. The molecule has 8 nitrogen and oxygen atoms in total. The van der Waals surface area contributed by atoms with E-state index >= 15 is 0 Å². The molecule has 0 N–H and O–H groups in total. The van der Waals surface area contributed by atoms with E-state index in [2.05, 4.69) is 15.0 Å². The van der Waals surface area contributed by atoms with E-state index < -0.39 is 10.2 Å². The van der Waals surface area contributed by atoms with E-state index in [4.69, 9.17) is 16.1 Å².